The van der Waals surface area contributed by atoms with Gasteiger partial charge in [-0.25, -0.2) is 13.6 Å². The number of aromatic amines is 1. The average molecular weight is 290 g/mol. The molecule has 0 aliphatic carbocycles. The Morgan fingerprint density at radius 3 is 2.80 bits per heavy atom. The van der Waals surface area contributed by atoms with Gasteiger partial charge in [0.05, 0.1) is 12.2 Å². The highest BCUT2D eigenvalue weighted by Gasteiger charge is 2.40. The third-order valence-electron chi connectivity index (χ3n) is 3.22. The largest absolute Gasteiger partial charge is 0.390 e. The molecule has 3 atom stereocenters. The number of hydrogen-bond acceptors (Lipinski definition) is 4. The highest BCUT2D eigenvalue weighted by atomic mass is 19.3. The summed E-state index contributed by atoms with van der Waals surface area (Å²) in [6.45, 7) is 2.25. The molecule has 6 nitrogen and oxygen atoms in total. The Labute approximate surface area is 113 Å². The van der Waals surface area contributed by atoms with Crippen molar-refractivity contribution in [2.75, 3.05) is 0 Å². The highest BCUT2D eigenvalue weighted by Crippen LogP contribution is 2.33. The summed E-state index contributed by atoms with van der Waals surface area (Å²) in [5.74, 6) is -2.97. The minimum absolute atomic E-state index is 0.0200. The molecule has 20 heavy (non-hydrogen) atoms. The minimum atomic E-state index is -2.97. The maximum atomic E-state index is 13.0. The molecule has 1 aromatic heterocycles. The third-order valence-corrected chi connectivity index (χ3v) is 3.22. The molecule has 1 aliphatic rings. The molecular weight excluding hydrogens is 274 g/mol. The molecule has 2 N–H and O–H groups in total. The summed E-state index contributed by atoms with van der Waals surface area (Å²) in [6.07, 6.45) is -2.29. The molecule has 3 unspecified atom stereocenters. The van der Waals surface area contributed by atoms with E-state index in [0.29, 0.717) is 5.56 Å². The van der Waals surface area contributed by atoms with Crippen molar-refractivity contribution in [3.63, 3.8) is 0 Å². The number of rotatable bonds is 3. The molecule has 0 saturated carbocycles. The van der Waals surface area contributed by atoms with Crippen molar-refractivity contribution >= 4 is 0 Å². The first-order valence-corrected chi connectivity index (χ1v) is 6.21. The summed E-state index contributed by atoms with van der Waals surface area (Å²) in [6, 6.07) is 0. The van der Waals surface area contributed by atoms with Gasteiger partial charge in [-0.1, -0.05) is 0 Å². The zero-order valence-corrected chi connectivity index (χ0v) is 11.1. The Morgan fingerprint density at radius 1 is 1.55 bits per heavy atom. The van der Waals surface area contributed by atoms with Crippen LogP contribution in [0, 0.1) is 6.92 Å². The third kappa shape index (κ3) is 3.13. The summed E-state index contributed by atoms with van der Waals surface area (Å²) in [5, 5.41) is 9.75. The van der Waals surface area contributed by atoms with Crippen LogP contribution in [-0.2, 0) is 4.74 Å². The lowest BCUT2D eigenvalue weighted by Crippen LogP contribution is -2.33. The maximum Gasteiger partial charge on any atom is 0.330 e. The number of alkyl halides is 2. The second kappa shape index (κ2) is 5.10. The second-order valence-electron chi connectivity index (χ2n) is 5.19. The fourth-order valence-electron chi connectivity index (χ4n) is 2.22. The van der Waals surface area contributed by atoms with Crippen molar-refractivity contribution in [2.24, 2.45) is 0 Å². The van der Waals surface area contributed by atoms with Crippen molar-refractivity contribution < 1.29 is 18.6 Å². The van der Waals surface area contributed by atoms with Crippen molar-refractivity contribution in [2.45, 2.75) is 51.0 Å². The van der Waals surface area contributed by atoms with E-state index in [1.165, 1.54) is 13.1 Å². The molecule has 1 fully saturated rings. The van der Waals surface area contributed by atoms with Crippen LogP contribution in [0.25, 0.3) is 0 Å². The van der Waals surface area contributed by atoms with Crippen molar-refractivity contribution in [3.05, 3.63) is 32.6 Å². The van der Waals surface area contributed by atoms with E-state index < -0.39 is 42.0 Å². The number of hydrogen-bond donors (Lipinski definition) is 2. The van der Waals surface area contributed by atoms with E-state index in [4.69, 9.17) is 4.74 Å². The zero-order chi connectivity index (χ0) is 15.1. The lowest BCUT2D eigenvalue weighted by molar-refractivity contribution is -0.0835. The van der Waals surface area contributed by atoms with Crippen LogP contribution < -0.4 is 11.2 Å². The molecule has 2 rings (SSSR count). The van der Waals surface area contributed by atoms with Crippen molar-refractivity contribution in [1.29, 1.82) is 0 Å². The molecule has 1 saturated heterocycles. The fourth-order valence-corrected chi connectivity index (χ4v) is 2.22. The molecule has 8 heteroatoms. The highest BCUT2D eigenvalue weighted by molar-refractivity contribution is 5.02. The summed E-state index contributed by atoms with van der Waals surface area (Å²) >= 11 is 0. The number of aryl methyl sites for hydroxylation is 1. The van der Waals surface area contributed by atoms with Crippen LogP contribution in [0.15, 0.2) is 15.8 Å². The molecule has 0 radical (unpaired) electrons. The number of aromatic nitrogens is 2. The van der Waals surface area contributed by atoms with Crippen LogP contribution in [0.2, 0.25) is 0 Å². The molecule has 2 heterocycles. The lowest BCUT2D eigenvalue weighted by Gasteiger charge is -2.19. The Kier molecular flexibility index (Phi) is 3.79. The number of aliphatic hydroxyl groups excluding tert-OH is 1. The first kappa shape index (κ1) is 14.9. The standard InChI is InChI=1S/C12H16F2N2O4/c1-6-5-16(11(19)15-10(6)18)9-3-7(17)8(20-9)4-12(2,13)14/h5,7-9,17H,3-4H2,1-2H3,(H,15,18,19). The van der Waals surface area contributed by atoms with Crippen LogP contribution >= 0.6 is 0 Å². The van der Waals surface area contributed by atoms with Crippen LogP contribution in [-0.4, -0.2) is 32.8 Å². The zero-order valence-electron chi connectivity index (χ0n) is 11.1. The number of ether oxygens (including phenoxy) is 1. The van der Waals surface area contributed by atoms with Crippen LogP contribution in [0.3, 0.4) is 0 Å². The molecule has 1 aliphatic heterocycles. The molecule has 1 aromatic rings. The number of nitrogens with one attached hydrogen (secondary N) is 1. The second-order valence-corrected chi connectivity index (χ2v) is 5.19. The first-order chi connectivity index (χ1) is 9.17. The normalized spacial score (nSPS) is 26.9. The molecule has 0 aromatic carbocycles. The summed E-state index contributed by atoms with van der Waals surface area (Å²) in [5.41, 5.74) is -0.907. The molecule has 0 bridgehead atoms. The van der Waals surface area contributed by atoms with E-state index in [1.54, 1.807) is 0 Å². The van der Waals surface area contributed by atoms with Gasteiger partial charge in [-0.05, 0) is 13.8 Å². The predicted octanol–water partition coefficient (Wildman–Crippen LogP) is 0.539. The Balaban J connectivity index is 2.22. The van der Waals surface area contributed by atoms with Gasteiger partial charge in [0.1, 0.15) is 6.23 Å². The monoisotopic (exact) mass is 290 g/mol. The van der Waals surface area contributed by atoms with Crippen molar-refractivity contribution in [1.82, 2.24) is 9.55 Å². The smallest absolute Gasteiger partial charge is 0.330 e. The van der Waals surface area contributed by atoms with Crippen LogP contribution in [0.4, 0.5) is 8.78 Å². The summed E-state index contributed by atoms with van der Waals surface area (Å²) < 4.78 is 32.4. The van der Waals surface area contributed by atoms with Gasteiger partial charge in [-0.15, -0.1) is 0 Å². The van der Waals surface area contributed by atoms with Crippen LogP contribution in [0.5, 0.6) is 0 Å². The van der Waals surface area contributed by atoms with E-state index in [0.717, 1.165) is 11.5 Å². The Hall–Kier alpha value is -1.54. The van der Waals surface area contributed by atoms with E-state index >= 15 is 0 Å². The fraction of sp³-hybridized carbons (Fsp3) is 0.667. The average Bonchev–Trinajstić information content (AvgIpc) is 2.63. The molecular formula is C12H16F2N2O4. The SMILES string of the molecule is Cc1cn(C2CC(O)C(CC(C)(F)F)O2)c(=O)[nH]c1=O. The summed E-state index contributed by atoms with van der Waals surface area (Å²) in [7, 11) is 0. The Bertz CT molecular complexity index is 605. The van der Waals surface area contributed by atoms with E-state index in [-0.39, 0.29) is 6.42 Å². The van der Waals surface area contributed by atoms with Crippen LogP contribution in [0.1, 0.15) is 31.6 Å². The number of aliphatic hydroxyl groups is 1. The van der Waals surface area contributed by atoms with Gasteiger partial charge in [0.25, 0.3) is 5.56 Å². The quantitative estimate of drug-likeness (QED) is 0.851. The van der Waals surface area contributed by atoms with Gasteiger partial charge in [-0.2, -0.15) is 0 Å². The predicted molar refractivity (Wildman–Crippen MR) is 65.8 cm³/mol. The Morgan fingerprint density at radius 2 is 2.20 bits per heavy atom. The van der Waals surface area contributed by atoms with Gasteiger partial charge in [-0.3, -0.25) is 14.3 Å². The van der Waals surface area contributed by atoms with Gasteiger partial charge in [0.2, 0.25) is 5.92 Å². The van der Waals surface area contributed by atoms with Crippen molar-refractivity contribution in [3.8, 4) is 0 Å². The van der Waals surface area contributed by atoms with Gasteiger partial charge in [0, 0.05) is 24.6 Å². The van der Waals surface area contributed by atoms with Gasteiger partial charge >= 0.3 is 5.69 Å². The number of halogens is 2. The lowest BCUT2D eigenvalue weighted by atomic mass is 10.1. The van der Waals surface area contributed by atoms with Gasteiger partial charge < -0.3 is 9.84 Å². The molecule has 0 spiro atoms. The molecule has 0 amide bonds. The number of nitrogens with zero attached hydrogens (tertiary/aromatic N) is 1. The maximum absolute atomic E-state index is 13.0. The molecule has 112 valence electrons. The number of H-pyrrole nitrogens is 1. The van der Waals surface area contributed by atoms with E-state index in [1.807, 2.05) is 0 Å². The van der Waals surface area contributed by atoms with E-state index in [9.17, 15) is 23.5 Å². The van der Waals surface area contributed by atoms with Gasteiger partial charge in [0.15, 0.2) is 0 Å². The minimum Gasteiger partial charge on any atom is -0.390 e. The summed E-state index contributed by atoms with van der Waals surface area (Å²) in [4.78, 5) is 25.0. The first-order valence-electron chi connectivity index (χ1n) is 6.21. The van der Waals surface area contributed by atoms with E-state index in [2.05, 4.69) is 4.98 Å². The topological polar surface area (TPSA) is 84.3 Å².